The summed E-state index contributed by atoms with van der Waals surface area (Å²) in [5.74, 6) is 0.722. The molecular weight excluding hydrogens is 441 g/mol. The van der Waals surface area contributed by atoms with E-state index in [9.17, 15) is 14.4 Å². The Kier molecular flexibility index (Phi) is 6.89. The largest absolute Gasteiger partial charge is 0.489 e. The van der Waals surface area contributed by atoms with Gasteiger partial charge in [0.1, 0.15) is 5.75 Å². The molecule has 0 aliphatic carbocycles. The summed E-state index contributed by atoms with van der Waals surface area (Å²) in [5.41, 5.74) is -0.699. The monoisotopic (exact) mass is 463 g/mol. The zero-order chi connectivity index (χ0) is 23.2. The Labute approximate surface area is 191 Å². The van der Waals surface area contributed by atoms with Crippen LogP contribution in [0.4, 0.5) is 0 Å². The molecule has 8 heteroatoms. The second kappa shape index (κ2) is 10.0. The summed E-state index contributed by atoms with van der Waals surface area (Å²) in [6, 6.07) is 35.3. The maximum Gasteiger partial charge on any atom is 0.489 e. The fourth-order valence-corrected chi connectivity index (χ4v) is 3.67. The fraction of sp³-hybridized carbons (Fsp3) is 0.0400. The number of hydrogen-bond acceptors (Lipinski definition) is 5. The summed E-state index contributed by atoms with van der Waals surface area (Å²) in [7, 11) is -5.08. The Bertz CT molecular complexity index is 1150. The molecular formula is C25H22NO6P. The van der Waals surface area contributed by atoms with Crippen molar-refractivity contribution in [3.8, 4) is 11.5 Å². The zero-order valence-corrected chi connectivity index (χ0v) is 18.4. The summed E-state index contributed by atoms with van der Waals surface area (Å²) in [6.45, 7) is 0. The first kappa shape index (κ1) is 22.7. The molecule has 0 heterocycles. The summed E-state index contributed by atoms with van der Waals surface area (Å²) >= 11 is 0. The molecule has 33 heavy (non-hydrogen) atoms. The lowest BCUT2D eigenvalue weighted by Gasteiger charge is -2.41. The molecule has 2 N–H and O–H groups in total. The number of phosphoric acid groups is 1. The minimum atomic E-state index is -5.08. The van der Waals surface area contributed by atoms with Gasteiger partial charge < -0.3 is 19.4 Å². The molecule has 0 spiro atoms. The fourth-order valence-electron chi connectivity index (χ4n) is 3.33. The first-order chi connectivity index (χ1) is 16.0. The van der Waals surface area contributed by atoms with Crippen LogP contribution in [0.25, 0.3) is 0 Å². The number of para-hydroxylation sites is 2. The Balaban J connectivity index is 1.97. The van der Waals surface area contributed by atoms with E-state index in [1.807, 2.05) is 18.2 Å². The van der Waals surface area contributed by atoms with Crippen LogP contribution in [0.15, 0.2) is 121 Å². The molecule has 168 valence electrons. The average molecular weight is 463 g/mol. The van der Waals surface area contributed by atoms with Crippen molar-refractivity contribution in [1.82, 2.24) is 5.23 Å². The molecule has 0 radical (unpaired) electrons. The summed E-state index contributed by atoms with van der Waals surface area (Å²) in [6.07, 6.45) is 0. The molecule has 0 saturated carbocycles. The van der Waals surface area contributed by atoms with Crippen LogP contribution in [-0.4, -0.2) is 15.0 Å². The van der Waals surface area contributed by atoms with Crippen LogP contribution in [0.2, 0.25) is 0 Å². The van der Waals surface area contributed by atoms with Gasteiger partial charge in [-0.15, -0.1) is 0 Å². The van der Waals surface area contributed by atoms with Crippen LogP contribution < -0.4 is 9.57 Å². The van der Waals surface area contributed by atoms with Crippen LogP contribution in [0.5, 0.6) is 11.5 Å². The van der Waals surface area contributed by atoms with Crippen molar-refractivity contribution in [3.05, 3.63) is 132 Å². The molecule has 4 aromatic rings. The summed E-state index contributed by atoms with van der Waals surface area (Å²) in [5, 5.41) is 0.723. The van der Waals surface area contributed by atoms with E-state index >= 15 is 0 Å². The number of hydroxylamine groups is 2. The minimum absolute atomic E-state index is 0.291. The van der Waals surface area contributed by atoms with Crippen LogP contribution >= 0.6 is 7.82 Å². The van der Waals surface area contributed by atoms with E-state index in [1.165, 1.54) is 0 Å². The smallest absolute Gasteiger partial charge is 0.458 e. The van der Waals surface area contributed by atoms with E-state index in [1.54, 1.807) is 103 Å². The molecule has 0 fully saturated rings. The van der Waals surface area contributed by atoms with Gasteiger partial charge in [-0.25, -0.2) is 4.57 Å². The predicted molar refractivity (Wildman–Crippen MR) is 123 cm³/mol. The highest BCUT2D eigenvalue weighted by Gasteiger charge is 2.49. The Morgan fingerprint density at radius 2 is 1.00 bits per heavy atom. The second-order valence-electron chi connectivity index (χ2n) is 7.02. The van der Waals surface area contributed by atoms with E-state index in [4.69, 9.17) is 14.2 Å². The van der Waals surface area contributed by atoms with Gasteiger partial charge in [0.15, 0.2) is 5.75 Å². The molecule has 0 aliphatic rings. The highest BCUT2D eigenvalue weighted by molar-refractivity contribution is 7.46. The van der Waals surface area contributed by atoms with Crippen LogP contribution in [0.1, 0.15) is 11.1 Å². The van der Waals surface area contributed by atoms with Crippen molar-refractivity contribution in [2.75, 3.05) is 0 Å². The van der Waals surface area contributed by atoms with Crippen LogP contribution in [-0.2, 0) is 14.9 Å². The quantitative estimate of drug-likeness (QED) is 0.198. The van der Waals surface area contributed by atoms with Crippen molar-refractivity contribution in [2.45, 2.75) is 5.72 Å². The normalized spacial score (nSPS) is 11.8. The topological polar surface area (TPSA) is 88.5 Å². The van der Waals surface area contributed by atoms with Crippen molar-refractivity contribution < 1.29 is 28.6 Å². The summed E-state index contributed by atoms with van der Waals surface area (Å²) < 4.78 is 23.7. The highest BCUT2D eigenvalue weighted by atomic mass is 31.2. The van der Waals surface area contributed by atoms with Crippen molar-refractivity contribution in [1.29, 1.82) is 0 Å². The Hall–Kier alpha value is -3.45. The SMILES string of the molecule is O=P(O)(O)ON(Oc1ccccc1)C(Oc1ccccc1)(c1ccccc1)c1ccccc1. The molecule has 0 bridgehead atoms. The molecule has 7 nitrogen and oxygen atoms in total. The van der Waals surface area contributed by atoms with Crippen LogP contribution in [0.3, 0.4) is 0 Å². The standard InChI is InChI=1S/C25H22NO6P/c27-33(28,29)32-26(31-24-19-11-4-12-20-24)25(21-13-5-1-6-14-21,22-15-7-2-8-16-22)30-23-17-9-3-10-18-23/h1-20H,(H2,27,28,29). The van der Waals surface area contributed by atoms with Crippen molar-refractivity contribution in [2.24, 2.45) is 0 Å². The van der Waals surface area contributed by atoms with Crippen molar-refractivity contribution >= 4 is 7.82 Å². The van der Waals surface area contributed by atoms with Gasteiger partial charge >= 0.3 is 7.82 Å². The number of ether oxygens (including phenoxy) is 1. The molecule has 4 rings (SSSR count). The van der Waals surface area contributed by atoms with Crippen LogP contribution in [0, 0.1) is 0 Å². The van der Waals surface area contributed by atoms with Gasteiger partial charge in [0, 0.05) is 16.4 Å². The lowest BCUT2D eigenvalue weighted by Crippen LogP contribution is -2.52. The molecule has 0 amide bonds. The summed E-state index contributed by atoms with van der Waals surface area (Å²) in [4.78, 5) is 25.5. The molecule has 0 aromatic heterocycles. The average Bonchev–Trinajstić information content (AvgIpc) is 2.84. The van der Waals surface area contributed by atoms with E-state index in [0.29, 0.717) is 22.6 Å². The van der Waals surface area contributed by atoms with Gasteiger partial charge in [-0.2, -0.15) is 4.62 Å². The number of hydrogen-bond donors (Lipinski definition) is 2. The number of nitrogens with zero attached hydrogens (tertiary/aromatic N) is 1. The number of benzene rings is 4. The molecule has 0 atom stereocenters. The Morgan fingerprint density at radius 1 is 0.606 bits per heavy atom. The first-order valence-corrected chi connectivity index (χ1v) is 11.6. The van der Waals surface area contributed by atoms with Gasteiger partial charge in [0.05, 0.1) is 0 Å². The third kappa shape index (κ3) is 5.49. The van der Waals surface area contributed by atoms with E-state index in [-0.39, 0.29) is 0 Å². The molecule has 0 unspecified atom stereocenters. The molecule has 4 aromatic carbocycles. The third-order valence-electron chi connectivity index (χ3n) is 4.71. The van der Waals surface area contributed by atoms with E-state index in [0.717, 1.165) is 5.23 Å². The van der Waals surface area contributed by atoms with Gasteiger partial charge in [-0.05, 0) is 24.3 Å². The maximum atomic E-state index is 12.1. The maximum absolute atomic E-state index is 12.1. The lowest BCUT2D eigenvalue weighted by molar-refractivity contribution is -0.363. The zero-order valence-electron chi connectivity index (χ0n) is 17.5. The third-order valence-corrected chi connectivity index (χ3v) is 5.07. The van der Waals surface area contributed by atoms with Gasteiger partial charge in [-0.3, -0.25) is 0 Å². The van der Waals surface area contributed by atoms with E-state index < -0.39 is 13.5 Å². The predicted octanol–water partition coefficient (Wildman–Crippen LogP) is 5.29. The molecule has 0 saturated heterocycles. The first-order valence-electron chi connectivity index (χ1n) is 10.1. The molecule has 0 aliphatic heterocycles. The highest BCUT2D eigenvalue weighted by Crippen LogP contribution is 2.46. The van der Waals surface area contributed by atoms with Gasteiger partial charge in [0.25, 0.3) is 5.72 Å². The second-order valence-corrected chi connectivity index (χ2v) is 8.17. The lowest BCUT2D eigenvalue weighted by atomic mass is 9.94. The van der Waals surface area contributed by atoms with Gasteiger partial charge in [-0.1, -0.05) is 97.1 Å². The van der Waals surface area contributed by atoms with E-state index in [2.05, 4.69) is 0 Å². The minimum Gasteiger partial charge on any atom is -0.458 e. The number of rotatable bonds is 9. The van der Waals surface area contributed by atoms with Gasteiger partial charge in [0.2, 0.25) is 0 Å². The Morgan fingerprint density at radius 3 is 1.42 bits per heavy atom. The van der Waals surface area contributed by atoms with Crippen molar-refractivity contribution in [3.63, 3.8) is 0 Å².